The minimum Gasteiger partial charge on any atom is -0.493 e. The van der Waals surface area contributed by atoms with Gasteiger partial charge in [-0.3, -0.25) is 0 Å². The molecule has 20 heavy (non-hydrogen) atoms. The van der Waals surface area contributed by atoms with Gasteiger partial charge in [-0.15, -0.1) is 12.4 Å². The second kappa shape index (κ2) is 7.57. The minimum absolute atomic E-state index is 0. The van der Waals surface area contributed by atoms with Gasteiger partial charge in [0, 0.05) is 23.6 Å². The average Bonchev–Trinajstić information content (AvgIpc) is 2.44. The molecule has 0 spiro atoms. The molecular weight excluding hydrogens is 282 g/mol. The molecule has 0 fully saturated rings. The third-order valence-corrected chi connectivity index (χ3v) is 3.32. The van der Waals surface area contributed by atoms with E-state index in [0.29, 0.717) is 17.2 Å². The van der Waals surface area contributed by atoms with Gasteiger partial charge >= 0.3 is 0 Å². The molecule has 0 saturated carbocycles. The number of aliphatic hydroxyl groups excluding tert-OH is 1. The fourth-order valence-corrected chi connectivity index (χ4v) is 1.89. The monoisotopic (exact) mass is 305 g/mol. The van der Waals surface area contributed by atoms with Crippen molar-refractivity contribution in [2.24, 2.45) is 11.1 Å². The van der Waals surface area contributed by atoms with Crippen LogP contribution in [-0.2, 0) is 0 Å². The molecule has 1 aromatic rings. The highest BCUT2D eigenvalue weighted by molar-refractivity contribution is 5.85. The van der Waals surface area contributed by atoms with Crippen molar-refractivity contribution in [3.05, 3.63) is 17.7 Å². The summed E-state index contributed by atoms with van der Waals surface area (Å²) in [6.07, 6.45) is 0. The Morgan fingerprint density at radius 3 is 2.05 bits per heavy atom. The van der Waals surface area contributed by atoms with E-state index in [1.54, 1.807) is 27.4 Å². The molecule has 1 atom stereocenters. The first-order valence-electron chi connectivity index (χ1n) is 6.08. The first kappa shape index (κ1) is 18.8. The van der Waals surface area contributed by atoms with Crippen LogP contribution in [0.25, 0.3) is 0 Å². The predicted molar refractivity (Wildman–Crippen MR) is 81.1 cm³/mol. The third-order valence-electron chi connectivity index (χ3n) is 3.32. The van der Waals surface area contributed by atoms with E-state index < -0.39 is 5.41 Å². The summed E-state index contributed by atoms with van der Waals surface area (Å²) in [4.78, 5) is 0. The topological polar surface area (TPSA) is 73.9 Å². The van der Waals surface area contributed by atoms with E-state index in [1.165, 1.54) is 0 Å². The van der Waals surface area contributed by atoms with Crippen LogP contribution in [0.2, 0.25) is 0 Å². The molecule has 0 unspecified atom stereocenters. The Morgan fingerprint density at radius 2 is 1.65 bits per heavy atom. The molecule has 1 rings (SSSR count). The Morgan fingerprint density at radius 1 is 1.10 bits per heavy atom. The molecule has 0 aliphatic carbocycles. The maximum absolute atomic E-state index is 9.44. The van der Waals surface area contributed by atoms with Gasteiger partial charge in [-0.25, -0.2) is 0 Å². The highest BCUT2D eigenvalue weighted by Gasteiger charge is 2.31. The van der Waals surface area contributed by atoms with Crippen molar-refractivity contribution in [3.63, 3.8) is 0 Å². The smallest absolute Gasteiger partial charge is 0.203 e. The van der Waals surface area contributed by atoms with Crippen LogP contribution in [0.1, 0.15) is 25.5 Å². The molecule has 6 heteroatoms. The number of rotatable bonds is 6. The zero-order chi connectivity index (χ0) is 14.6. The third kappa shape index (κ3) is 3.48. The molecule has 3 N–H and O–H groups in total. The van der Waals surface area contributed by atoms with Crippen LogP contribution in [0.5, 0.6) is 17.2 Å². The van der Waals surface area contributed by atoms with Crippen molar-refractivity contribution in [1.82, 2.24) is 0 Å². The lowest BCUT2D eigenvalue weighted by atomic mass is 9.81. The highest BCUT2D eigenvalue weighted by atomic mass is 35.5. The fourth-order valence-electron chi connectivity index (χ4n) is 1.89. The second-order valence-electron chi connectivity index (χ2n) is 5.05. The van der Waals surface area contributed by atoms with Gasteiger partial charge in [0.2, 0.25) is 5.75 Å². The van der Waals surface area contributed by atoms with E-state index in [-0.39, 0.29) is 25.1 Å². The van der Waals surface area contributed by atoms with Gasteiger partial charge in [0.1, 0.15) is 0 Å². The summed E-state index contributed by atoms with van der Waals surface area (Å²) in [6, 6.07) is 3.24. The van der Waals surface area contributed by atoms with Crippen molar-refractivity contribution in [2.45, 2.75) is 19.9 Å². The van der Waals surface area contributed by atoms with Crippen LogP contribution in [0.15, 0.2) is 12.1 Å². The molecule has 0 radical (unpaired) electrons. The summed E-state index contributed by atoms with van der Waals surface area (Å²) < 4.78 is 16.0. The van der Waals surface area contributed by atoms with Crippen molar-refractivity contribution in [3.8, 4) is 17.2 Å². The molecule has 0 aromatic heterocycles. The van der Waals surface area contributed by atoms with E-state index in [0.717, 1.165) is 5.56 Å². The molecule has 0 bridgehead atoms. The molecule has 0 aliphatic rings. The quantitative estimate of drug-likeness (QED) is 0.842. The zero-order valence-electron chi connectivity index (χ0n) is 12.6. The predicted octanol–water partition coefficient (Wildman–Crippen LogP) is 2.15. The van der Waals surface area contributed by atoms with Crippen LogP contribution in [0.3, 0.4) is 0 Å². The summed E-state index contributed by atoms with van der Waals surface area (Å²) in [5.74, 6) is 1.62. The second-order valence-corrected chi connectivity index (χ2v) is 5.05. The van der Waals surface area contributed by atoms with Crippen molar-refractivity contribution in [1.29, 1.82) is 0 Å². The van der Waals surface area contributed by atoms with Crippen LogP contribution < -0.4 is 19.9 Å². The van der Waals surface area contributed by atoms with E-state index in [1.807, 2.05) is 19.9 Å². The number of methoxy groups -OCH3 is 3. The Kier molecular flexibility index (Phi) is 7.13. The van der Waals surface area contributed by atoms with Gasteiger partial charge in [-0.2, -0.15) is 0 Å². The summed E-state index contributed by atoms with van der Waals surface area (Å²) in [5.41, 5.74) is 6.55. The summed E-state index contributed by atoms with van der Waals surface area (Å²) >= 11 is 0. The molecule has 0 aliphatic heterocycles. The number of benzene rings is 1. The Hall–Kier alpha value is -1.17. The Balaban J connectivity index is 0.00000361. The first-order chi connectivity index (χ1) is 8.92. The molecule has 0 saturated heterocycles. The SMILES string of the molecule is COc1ccc([C@@H](N)C(C)(C)CO)c(OC)c1OC.Cl. The van der Waals surface area contributed by atoms with Gasteiger partial charge in [0.25, 0.3) is 0 Å². The molecular formula is C14H24ClNO4. The Labute approximate surface area is 126 Å². The maximum atomic E-state index is 9.44. The number of nitrogens with two attached hydrogens (primary N) is 1. The van der Waals surface area contributed by atoms with Gasteiger partial charge < -0.3 is 25.1 Å². The van der Waals surface area contributed by atoms with E-state index in [4.69, 9.17) is 19.9 Å². The molecule has 0 amide bonds. The normalized spacial score (nSPS) is 12.3. The average molecular weight is 306 g/mol. The molecule has 0 heterocycles. The van der Waals surface area contributed by atoms with Crippen LogP contribution in [0.4, 0.5) is 0 Å². The maximum Gasteiger partial charge on any atom is 0.203 e. The molecule has 5 nitrogen and oxygen atoms in total. The van der Waals surface area contributed by atoms with E-state index >= 15 is 0 Å². The van der Waals surface area contributed by atoms with Gasteiger partial charge in [-0.05, 0) is 12.1 Å². The number of hydrogen-bond acceptors (Lipinski definition) is 5. The molecule has 1 aromatic carbocycles. The standard InChI is InChI=1S/C14H23NO4.ClH/c1-14(2,8-16)13(15)9-6-7-10(17-3)12(19-5)11(9)18-4;/h6-7,13,16H,8,15H2,1-5H3;1H/t13-;/m1./s1. The van der Waals surface area contributed by atoms with Gasteiger partial charge in [0.05, 0.1) is 21.3 Å². The largest absolute Gasteiger partial charge is 0.493 e. The van der Waals surface area contributed by atoms with Crippen molar-refractivity contribution < 1.29 is 19.3 Å². The van der Waals surface area contributed by atoms with E-state index in [9.17, 15) is 5.11 Å². The fraction of sp³-hybridized carbons (Fsp3) is 0.571. The summed E-state index contributed by atoms with van der Waals surface area (Å²) in [6.45, 7) is 3.77. The highest BCUT2D eigenvalue weighted by Crippen LogP contribution is 2.45. The minimum atomic E-state index is -0.465. The van der Waals surface area contributed by atoms with Crippen molar-refractivity contribution >= 4 is 12.4 Å². The number of hydrogen-bond donors (Lipinski definition) is 2. The van der Waals surface area contributed by atoms with Crippen LogP contribution in [0, 0.1) is 5.41 Å². The zero-order valence-corrected chi connectivity index (χ0v) is 13.4. The van der Waals surface area contributed by atoms with Crippen LogP contribution in [-0.4, -0.2) is 33.0 Å². The Bertz CT molecular complexity index is 437. The number of halogens is 1. The first-order valence-corrected chi connectivity index (χ1v) is 6.08. The van der Waals surface area contributed by atoms with Crippen LogP contribution >= 0.6 is 12.4 Å². The van der Waals surface area contributed by atoms with Gasteiger partial charge in [-0.1, -0.05) is 13.8 Å². The lowest BCUT2D eigenvalue weighted by Gasteiger charge is -2.31. The van der Waals surface area contributed by atoms with E-state index in [2.05, 4.69) is 0 Å². The summed E-state index contributed by atoms with van der Waals surface area (Å²) in [5, 5.41) is 9.44. The summed E-state index contributed by atoms with van der Waals surface area (Å²) in [7, 11) is 4.67. The van der Waals surface area contributed by atoms with Gasteiger partial charge in [0.15, 0.2) is 11.5 Å². The van der Waals surface area contributed by atoms with Crippen molar-refractivity contribution in [2.75, 3.05) is 27.9 Å². The lowest BCUT2D eigenvalue weighted by molar-refractivity contribution is 0.130. The molecule has 116 valence electrons. The number of aliphatic hydroxyl groups is 1. The number of ether oxygens (including phenoxy) is 3. The lowest BCUT2D eigenvalue weighted by Crippen LogP contribution is -2.32.